The Bertz CT molecular complexity index is 696. The number of carboxylic acids is 1. The van der Waals surface area contributed by atoms with Crippen molar-refractivity contribution in [3.05, 3.63) is 45.7 Å². The standard InChI is InChI=1S/C12H8F3NO3/c13-8(11(14)15)9-7(12(18)19)10(17)5-3-1-2-4-6(5)16-9/h1-4,8,11H,(H,16,17)(H,18,19). The van der Waals surface area contributed by atoms with Gasteiger partial charge in [-0.05, 0) is 12.1 Å². The van der Waals surface area contributed by atoms with E-state index in [0.29, 0.717) is 0 Å². The predicted octanol–water partition coefficient (Wildman–Crippen LogP) is 2.50. The number of carbonyl (C=O) groups is 1. The molecule has 1 aromatic heterocycles. The topological polar surface area (TPSA) is 70.2 Å². The van der Waals surface area contributed by atoms with E-state index in [0.717, 1.165) is 0 Å². The first-order chi connectivity index (χ1) is 8.93. The number of aromatic nitrogens is 1. The first-order valence-electron chi connectivity index (χ1n) is 5.24. The molecule has 1 aromatic carbocycles. The minimum absolute atomic E-state index is 0.00474. The molecule has 1 heterocycles. The van der Waals surface area contributed by atoms with Crippen molar-refractivity contribution >= 4 is 16.9 Å². The highest BCUT2D eigenvalue weighted by Gasteiger charge is 2.30. The van der Waals surface area contributed by atoms with Crippen molar-refractivity contribution in [2.24, 2.45) is 0 Å². The Balaban J connectivity index is 2.85. The van der Waals surface area contributed by atoms with Crippen LogP contribution in [-0.4, -0.2) is 22.5 Å². The summed E-state index contributed by atoms with van der Waals surface area (Å²) in [5, 5.41) is 8.91. The molecular formula is C12H8F3NO3. The van der Waals surface area contributed by atoms with Crippen molar-refractivity contribution in [1.82, 2.24) is 4.98 Å². The Kier molecular flexibility index (Phi) is 3.28. The van der Waals surface area contributed by atoms with Crippen LogP contribution in [0.1, 0.15) is 22.2 Å². The van der Waals surface area contributed by atoms with Crippen LogP contribution in [0.2, 0.25) is 0 Å². The molecule has 0 fully saturated rings. The molecule has 0 aliphatic heterocycles. The SMILES string of the molecule is O=C(O)c1c(C(F)C(F)F)[nH]c2ccccc2c1=O. The van der Waals surface area contributed by atoms with Crippen molar-refractivity contribution in [2.45, 2.75) is 12.6 Å². The largest absolute Gasteiger partial charge is 0.477 e. The van der Waals surface area contributed by atoms with Crippen molar-refractivity contribution in [1.29, 1.82) is 0 Å². The lowest BCUT2D eigenvalue weighted by molar-refractivity contribution is 0.0455. The van der Waals surface area contributed by atoms with E-state index in [1.165, 1.54) is 24.3 Å². The molecule has 0 spiro atoms. The van der Waals surface area contributed by atoms with Gasteiger partial charge in [0.05, 0.1) is 5.69 Å². The molecule has 0 bridgehead atoms. The number of hydrogen-bond donors (Lipinski definition) is 2. The summed E-state index contributed by atoms with van der Waals surface area (Å²) in [4.78, 5) is 25.2. The van der Waals surface area contributed by atoms with Gasteiger partial charge in [0.15, 0.2) is 0 Å². The zero-order valence-corrected chi connectivity index (χ0v) is 9.36. The molecule has 1 unspecified atom stereocenters. The van der Waals surface area contributed by atoms with E-state index in [9.17, 15) is 22.8 Å². The van der Waals surface area contributed by atoms with E-state index in [1.807, 2.05) is 0 Å². The Morgan fingerprint density at radius 3 is 2.42 bits per heavy atom. The number of fused-ring (bicyclic) bond motifs is 1. The van der Waals surface area contributed by atoms with Crippen LogP contribution in [0.25, 0.3) is 10.9 Å². The average molecular weight is 271 g/mol. The zero-order chi connectivity index (χ0) is 14.2. The highest BCUT2D eigenvalue weighted by molar-refractivity contribution is 5.94. The monoisotopic (exact) mass is 271 g/mol. The third-order valence-corrected chi connectivity index (χ3v) is 2.65. The summed E-state index contributed by atoms with van der Waals surface area (Å²) in [6, 6.07) is 5.71. The second-order valence-corrected chi connectivity index (χ2v) is 3.83. The highest BCUT2D eigenvalue weighted by atomic mass is 19.3. The molecule has 2 aromatic rings. The number of carboxylic acid groups (broad SMARTS) is 1. The van der Waals surface area contributed by atoms with Gasteiger partial charge in [-0.15, -0.1) is 0 Å². The van der Waals surface area contributed by atoms with E-state index in [1.54, 1.807) is 0 Å². The van der Waals surface area contributed by atoms with Gasteiger partial charge in [-0.25, -0.2) is 18.0 Å². The number of alkyl halides is 3. The Labute approximate surface area is 104 Å². The maximum atomic E-state index is 13.4. The second-order valence-electron chi connectivity index (χ2n) is 3.83. The van der Waals surface area contributed by atoms with Crippen LogP contribution >= 0.6 is 0 Å². The van der Waals surface area contributed by atoms with Gasteiger partial charge in [0.25, 0.3) is 6.43 Å². The third-order valence-electron chi connectivity index (χ3n) is 2.65. The molecule has 7 heteroatoms. The molecule has 100 valence electrons. The van der Waals surface area contributed by atoms with Crippen LogP contribution in [0.5, 0.6) is 0 Å². The number of H-pyrrole nitrogens is 1. The van der Waals surface area contributed by atoms with E-state index in [-0.39, 0.29) is 10.9 Å². The summed E-state index contributed by atoms with van der Waals surface area (Å²) in [6.45, 7) is 0. The minimum atomic E-state index is -3.42. The summed E-state index contributed by atoms with van der Waals surface area (Å²) in [6.07, 6.45) is -6.28. The molecular weight excluding hydrogens is 263 g/mol. The zero-order valence-electron chi connectivity index (χ0n) is 9.36. The van der Waals surface area contributed by atoms with E-state index >= 15 is 0 Å². The molecule has 0 saturated heterocycles. The van der Waals surface area contributed by atoms with Crippen molar-refractivity contribution in [3.8, 4) is 0 Å². The fourth-order valence-corrected chi connectivity index (χ4v) is 1.80. The first-order valence-corrected chi connectivity index (χ1v) is 5.24. The van der Waals surface area contributed by atoms with Gasteiger partial charge < -0.3 is 10.1 Å². The van der Waals surface area contributed by atoms with E-state index in [2.05, 4.69) is 4.98 Å². The molecule has 2 rings (SSSR count). The number of nitrogens with one attached hydrogen (secondary N) is 1. The van der Waals surface area contributed by atoms with E-state index in [4.69, 9.17) is 5.11 Å². The van der Waals surface area contributed by atoms with Gasteiger partial charge in [-0.3, -0.25) is 4.79 Å². The minimum Gasteiger partial charge on any atom is -0.477 e. The summed E-state index contributed by atoms with van der Waals surface area (Å²) in [7, 11) is 0. The Morgan fingerprint density at radius 1 is 1.21 bits per heavy atom. The molecule has 0 amide bonds. The number of rotatable bonds is 3. The highest BCUT2D eigenvalue weighted by Crippen LogP contribution is 2.26. The van der Waals surface area contributed by atoms with Crippen molar-refractivity contribution in [3.63, 3.8) is 0 Å². The number of benzene rings is 1. The molecule has 2 N–H and O–H groups in total. The Hall–Kier alpha value is -2.31. The van der Waals surface area contributed by atoms with Crippen LogP contribution in [0.4, 0.5) is 13.2 Å². The molecule has 0 saturated carbocycles. The fourth-order valence-electron chi connectivity index (χ4n) is 1.80. The maximum Gasteiger partial charge on any atom is 0.341 e. The van der Waals surface area contributed by atoms with Crippen molar-refractivity contribution in [2.75, 3.05) is 0 Å². The summed E-state index contributed by atoms with van der Waals surface area (Å²) >= 11 is 0. The second kappa shape index (κ2) is 4.75. The molecule has 0 radical (unpaired) electrons. The lowest BCUT2D eigenvalue weighted by Gasteiger charge is -2.11. The number of para-hydroxylation sites is 1. The third kappa shape index (κ3) is 2.18. The van der Waals surface area contributed by atoms with Gasteiger partial charge in [0.2, 0.25) is 11.6 Å². The molecule has 1 atom stereocenters. The number of aromatic amines is 1. The molecule has 4 nitrogen and oxygen atoms in total. The van der Waals surface area contributed by atoms with Crippen LogP contribution in [0, 0.1) is 0 Å². The predicted molar refractivity (Wildman–Crippen MR) is 61.4 cm³/mol. The van der Waals surface area contributed by atoms with Crippen LogP contribution in [0.3, 0.4) is 0 Å². The normalized spacial score (nSPS) is 12.8. The van der Waals surface area contributed by atoms with Gasteiger partial charge in [0, 0.05) is 10.9 Å². The molecule has 0 aliphatic rings. The van der Waals surface area contributed by atoms with Gasteiger partial charge >= 0.3 is 5.97 Å². The smallest absolute Gasteiger partial charge is 0.341 e. The molecule has 0 aliphatic carbocycles. The number of hydrogen-bond acceptors (Lipinski definition) is 2. The number of halogens is 3. The van der Waals surface area contributed by atoms with Crippen LogP contribution < -0.4 is 5.43 Å². The summed E-state index contributed by atoms with van der Waals surface area (Å²) in [5.41, 5.74) is -2.78. The molecule has 19 heavy (non-hydrogen) atoms. The lowest BCUT2D eigenvalue weighted by Crippen LogP contribution is -2.22. The summed E-state index contributed by atoms with van der Waals surface area (Å²) < 4.78 is 38.2. The van der Waals surface area contributed by atoms with Crippen LogP contribution in [-0.2, 0) is 0 Å². The Morgan fingerprint density at radius 2 is 1.84 bits per heavy atom. The number of pyridine rings is 1. The number of aromatic carboxylic acids is 1. The van der Waals surface area contributed by atoms with Gasteiger partial charge in [-0.2, -0.15) is 0 Å². The first kappa shape index (κ1) is 13.1. The average Bonchev–Trinajstić information content (AvgIpc) is 2.37. The van der Waals surface area contributed by atoms with Crippen molar-refractivity contribution < 1.29 is 23.1 Å². The fraction of sp³-hybridized carbons (Fsp3) is 0.167. The maximum absolute atomic E-state index is 13.4. The van der Waals surface area contributed by atoms with Crippen LogP contribution in [0.15, 0.2) is 29.1 Å². The quantitative estimate of drug-likeness (QED) is 0.901. The van der Waals surface area contributed by atoms with E-state index < -0.39 is 35.3 Å². The van der Waals surface area contributed by atoms with Gasteiger partial charge in [0.1, 0.15) is 5.56 Å². The summed E-state index contributed by atoms with van der Waals surface area (Å²) in [5.74, 6) is -1.75. The van der Waals surface area contributed by atoms with Gasteiger partial charge in [-0.1, -0.05) is 12.1 Å². The lowest BCUT2D eigenvalue weighted by atomic mass is 10.1.